The van der Waals surface area contributed by atoms with E-state index in [1.54, 1.807) is 0 Å². The summed E-state index contributed by atoms with van der Waals surface area (Å²) in [6.45, 7) is 4.35. The first-order valence-electron chi connectivity index (χ1n) is 6.91. The molecule has 0 radical (unpaired) electrons. The fraction of sp³-hybridized carbons (Fsp3) is 0.562. The molecule has 1 aromatic carbocycles. The summed E-state index contributed by atoms with van der Waals surface area (Å²) in [7, 11) is 0. The maximum Gasteiger partial charge on any atom is 0.172 e. The molecule has 0 bridgehead atoms. The van der Waals surface area contributed by atoms with Crippen molar-refractivity contribution in [3.8, 4) is 0 Å². The van der Waals surface area contributed by atoms with Crippen LogP contribution in [0.1, 0.15) is 61.4 Å². The molecule has 0 heterocycles. The zero-order valence-corrected chi connectivity index (χ0v) is 12.1. The minimum Gasteiger partial charge on any atom is -0.293 e. The summed E-state index contributed by atoms with van der Waals surface area (Å²) in [4.78, 5) is 12.1. The third-order valence-corrected chi connectivity index (χ3v) is 5.02. The van der Waals surface area contributed by atoms with Crippen molar-refractivity contribution < 1.29 is 4.79 Å². The quantitative estimate of drug-likeness (QED) is 0.717. The van der Waals surface area contributed by atoms with Gasteiger partial charge in [-0.1, -0.05) is 51.0 Å². The maximum atomic E-state index is 12.1. The molecule has 18 heavy (non-hydrogen) atoms. The van der Waals surface area contributed by atoms with Gasteiger partial charge in [0.25, 0.3) is 0 Å². The molecule has 1 aliphatic rings. The lowest BCUT2D eigenvalue weighted by molar-refractivity contribution is 0.102. The second-order valence-corrected chi connectivity index (χ2v) is 6.71. The summed E-state index contributed by atoms with van der Waals surface area (Å²) in [6, 6.07) is 8.12. The smallest absolute Gasteiger partial charge is 0.172 e. The molecule has 0 amide bonds. The van der Waals surface area contributed by atoms with E-state index in [4.69, 9.17) is 0 Å². The molecule has 98 valence electrons. The van der Waals surface area contributed by atoms with Crippen molar-refractivity contribution in [3.05, 3.63) is 35.4 Å². The first-order chi connectivity index (χ1) is 8.66. The van der Waals surface area contributed by atoms with Gasteiger partial charge < -0.3 is 0 Å². The normalized spacial score (nSPS) is 16.4. The summed E-state index contributed by atoms with van der Waals surface area (Å²) in [6.07, 6.45) is 5.28. The molecule has 1 fully saturated rings. The summed E-state index contributed by atoms with van der Waals surface area (Å²) >= 11 is 1.85. The predicted octanol–water partition coefficient (Wildman–Crippen LogP) is 4.67. The van der Waals surface area contributed by atoms with Crippen molar-refractivity contribution in [1.82, 2.24) is 0 Å². The number of thioether (sulfide) groups is 1. The highest BCUT2D eigenvalue weighted by molar-refractivity contribution is 8.00. The topological polar surface area (TPSA) is 17.1 Å². The lowest BCUT2D eigenvalue weighted by atomic mass is 10.0. The average Bonchev–Trinajstić information content (AvgIpc) is 2.89. The molecule has 2 rings (SSSR count). The Morgan fingerprint density at radius 2 is 1.83 bits per heavy atom. The molecule has 1 saturated carbocycles. The van der Waals surface area contributed by atoms with Crippen molar-refractivity contribution >= 4 is 17.5 Å². The highest BCUT2D eigenvalue weighted by atomic mass is 32.2. The van der Waals surface area contributed by atoms with Gasteiger partial charge in [-0.3, -0.25) is 4.79 Å². The number of carbonyl (C=O) groups excluding carboxylic acids is 1. The van der Waals surface area contributed by atoms with Crippen LogP contribution in [0.15, 0.2) is 24.3 Å². The number of rotatable bonds is 5. The molecule has 0 unspecified atom stereocenters. The van der Waals surface area contributed by atoms with Crippen LogP contribution in [0.3, 0.4) is 0 Å². The average molecular weight is 262 g/mol. The van der Waals surface area contributed by atoms with Gasteiger partial charge in [0.1, 0.15) is 0 Å². The predicted molar refractivity (Wildman–Crippen MR) is 79.6 cm³/mol. The summed E-state index contributed by atoms with van der Waals surface area (Å²) in [5.74, 6) is 1.45. The third kappa shape index (κ3) is 3.61. The largest absolute Gasteiger partial charge is 0.293 e. The molecule has 0 atom stereocenters. The molecule has 2 heteroatoms. The van der Waals surface area contributed by atoms with Gasteiger partial charge in [-0.2, -0.15) is 11.8 Å². The Hall–Kier alpha value is -0.760. The van der Waals surface area contributed by atoms with E-state index in [0.29, 0.717) is 11.7 Å². The van der Waals surface area contributed by atoms with E-state index in [1.165, 1.54) is 31.2 Å². The first-order valence-corrected chi connectivity index (χ1v) is 7.96. The van der Waals surface area contributed by atoms with E-state index in [1.807, 2.05) is 23.9 Å². The number of hydrogen-bond acceptors (Lipinski definition) is 2. The van der Waals surface area contributed by atoms with E-state index in [0.717, 1.165) is 10.8 Å². The van der Waals surface area contributed by atoms with Crippen molar-refractivity contribution in [3.63, 3.8) is 0 Å². The molecule has 1 nitrogen and oxygen atoms in total. The molecule has 1 aliphatic carbocycles. The Bertz CT molecular complexity index is 388. The van der Waals surface area contributed by atoms with Gasteiger partial charge in [0.05, 0.1) is 5.75 Å². The van der Waals surface area contributed by atoms with E-state index < -0.39 is 0 Å². The SMILES string of the molecule is CC(C)c1ccc(C(=O)CSC2CCCC2)cc1. The second kappa shape index (κ2) is 6.42. The summed E-state index contributed by atoms with van der Waals surface area (Å²) < 4.78 is 0. The van der Waals surface area contributed by atoms with Crippen LogP contribution in [-0.4, -0.2) is 16.8 Å². The molecule has 0 aliphatic heterocycles. The van der Waals surface area contributed by atoms with Crippen molar-refractivity contribution in [2.45, 2.75) is 50.7 Å². The number of benzene rings is 1. The summed E-state index contributed by atoms with van der Waals surface area (Å²) in [5, 5.41) is 0.726. The lowest BCUT2D eigenvalue weighted by Crippen LogP contribution is -2.06. The van der Waals surface area contributed by atoms with Gasteiger partial charge in [-0.25, -0.2) is 0 Å². The van der Waals surface area contributed by atoms with Crippen molar-refractivity contribution in [2.75, 3.05) is 5.75 Å². The van der Waals surface area contributed by atoms with E-state index >= 15 is 0 Å². The highest BCUT2D eigenvalue weighted by Gasteiger charge is 2.17. The fourth-order valence-corrected chi connectivity index (χ4v) is 3.61. The van der Waals surface area contributed by atoms with Gasteiger partial charge in [0.15, 0.2) is 5.78 Å². The number of hydrogen-bond donors (Lipinski definition) is 0. The molecule has 0 saturated heterocycles. The minimum absolute atomic E-state index is 0.280. The molecule has 0 aromatic heterocycles. The van der Waals surface area contributed by atoms with Gasteiger partial charge in [0, 0.05) is 10.8 Å². The zero-order chi connectivity index (χ0) is 13.0. The van der Waals surface area contributed by atoms with Gasteiger partial charge >= 0.3 is 0 Å². The van der Waals surface area contributed by atoms with E-state index in [-0.39, 0.29) is 5.78 Å². The number of ketones is 1. The Morgan fingerprint density at radius 1 is 1.22 bits per heavy atom. The Kier molecular flexibility index (Phi) is 4.87. The monoisotopic (exact) mass is 262 g/mol. The zero-order valence-electron chi connectivity index (χ0n) is 11.3. The van der Waals surface area contributed by atoms with E-state index in [9.17, 15) is 4.79 Å². The Labute approximate surface area is 114 Å². The van der Waals surface area contributed by atoms with Crippen LogP contribution in [0, 0.1) is 0 Å². The molecule has 1 aromatic rings. The Balaban J connectivity index is 1.87. The lowest BCUT2D eigenvalue weighted by Gasteiger charge is -2.09. The van der Waals surface area contributed by atoms with Crippen LogP contribution >= 0.6 is 11.8 Å². The fourth-order valence-electron chi connectivity index (χ4n) is 2.39. The number of Topliss-reactive ketones (excluding diaryl/α,β-unsaturated/α-hetero) is 1. The Morgan fingerprint density at radius 3 is 2.39 bits per heavy atom. The van der Waals surface area contributed by atoms with Gasteiger partial charge in [0.2, 0.25) is 0 Å². The minimum atomic E-state index is 0.280. The van der Waals surface area contributed by atoms with E-state index in [2.05, 4.69) is 26.0 Å². The standard InChI is InChI=1S/C16H22OS/c1-12(2)13-7-9-14(10-8-13)16(17)11-18-15-5-3-4-6-15/h7-10,12,15H,3-6,11H2,1-2H3. The molecular formula is C16H22OS. The second-order valence-electron chi connectivity index (χ2n) is 5.42. The number of carbonyl (C=O) groups is 1. The summed E-state index contributed by atoms with van der Waals surface area (Å²) in [5.41, 5.74) is 2.17. The van der Waals surface area contributed by atoms with Crippen LogP contribution in [-0.2, 0) is 0 Å². The van der Waals surface area contributed by atoms with Crippen LogP contribution in [0.4, 0.5) is 0 Å². The first kappa shape index (κ1) is 13.7. The van der Waals surface area contributed by atoms with Gasteiger partial charge in [-0.15, -0.1) is 0 Å². The maximum absolute atomic E-state index is 12.1. The van der Waals surface area contributed by atoms with Crippen LogP contribution in [0.2, 0.25) is 0 Å². The van der Waals surface area contributed by atoms with Gasteiger partial charge in [-0.05, 0) is 24.3 Å². The molecular weight excluding hydrogens is 240 g/mol. The van der Waals surface area contributed by atoms with Crippen molar-refractivity contribution in [2.24, 2.45) is 0 Å². The highest BCUT2D eigenvalue weighted by Crippen LogP contribution is 2.29. The molecule has 0 N–H and O–H groups in total. The van der Waals surface area contributed by atoms with Crippen molar-refractivity contribution in [1.29, 1.82) is 0 Å². The third-order valence-electron chi connectivity index (χ3n) is 3.65. The molecule has 0 spiro atoms. The van der Waals surface area contributed by atoms with Crippen LogP contribution < -0.4 is 0 Å². The van der Waals surface area contributed by atoms with Crippen LogP contribution in [0.25, 0.3) is 0 Å². The van der Waals surface area contributed by atoms with Crippen LogP contribution in [0.5, 0.6) is 0 Å².